The van der Waals surface area contributed by atoms with Crippen molar-refractivity contribution in [3.63, 3.8) is 0 Å². The predicted molar refractivity (Wildman–Crippen MR) is 120 cm³/mol. The van der Waals surface area contributed by atoms with Crippen LogP contribution in [0.2, 0.25) is 0 Å². The van der Waals surface area contributed by atoms with Crippen molar-refractivity contribution >= 4 is 23.6 Å². The molecule has 1 aliphatic heterocycles. The SMILES string of the molecule is COC(COC(=O)CC(=O)COCCOCCN1C(=O)c2ccccc2C1=O)c1ccccc1. The first-order valence-corrected chi connectivity index (χ1v) is 10.9. The summed E-state index contributed by atoms with van der Waals surface area (Å²) in [6.07, 6.45) is -0.805. The van der Waals surface area contributed by atoms with Gasteiger partial charge in [-0.3, -0.25) is 24.1 Å². The molecule has 1 aliphatic rings. The maximum atomic E-state index is 12.3. The summed E-state index contributed by atoms with van der Waals surface area (Å²) in [7, 11) is 1.52. The Morgan fingerprint density at radius 1 is 0.853 bits per heavy atom. The molecule has 0 spiro atoms. The Morgan fingerprint density at radius 3 is 2.12 bits per heavy atom. The maximum absolute atomic E-state index is 12.3. The molecule has 0 saturated carbocycles. The van der Waals surface area contributed by atoms with Gasteiger partial charge in [-0.1, -0.05) is 42.5 Å². The lowest BCUT2D eigenvalue weighted by molar-refractivity contribution is -0.150. The minimum atomic E-state index is -0.649. The number of nitrogens with zero attached hydrogens (tertiary/aromatic N) is 1. The normalized spacial score (nSPS) is 13.6. The lowest BCUT2D eigenvalue weighted by atomic mass is 10.1. The van der Waals surface area contributed by atoms with Crippen molar-refractivity contribution in [1.29, 1.82) is 0 Å². The molecule has 0 aliphatic carbocycles. The van der Waals surface area contributed by atoms with E-state index in [2.05, 4.69) is 0 Å². The van der Waals surface area contributed by atoms with Gasteiger partial charge in [-0.25, -0.2) is 0 Å². The molecule has 1 atom stereocenters. The van der Waals surface area contributed by atoms with Crippen LogP contribution in [0.4, 0.5) is 0 Å². The molecule has 0 N–H and O–H groups in total. The van der Waals surface area contributed by atoms with Gasteiger partial charge in [-0.05, 0) is 17.7 Å². The van der Waals surface area contributed by atoms with Crippen LogP contribution in [0.1, 0.15) is 38.8 Å². The van der Waals surface area contributed by atoms with Gasteiger partial charge in [-0.2, -0.15) is 0 Å². The van der Waals surface area contributed by atoms with Crippen LogP contribution in [0.15, 0.2) is 54.6 Å². The first kappa shape index (κ1) is 25.2. The highest BCUT2D eigenvalue weighted by molar-refractivity contribution is 6.21. The quantitative estimate of drug-likeness (QED) is 0.179. The number of imide groups is 1. The van der Waals surface area contributed by atoms with Crippen LogP contribution in [0.3, 0.4) is 0 Å². The smallest absolute Gasteiger partial charge is 0.313 e. The number of methoxy groups -OCH3 is 1. The third-order valence-corrected chi connectivity index (χ3v) is 5.17. The summed E-state index contributed by atoms with van der Waals surface area (Å²) < 4.78 is 21.1. The number of benzene rings is 2. The molecule has 180 valence electrons. The molecule has 2 aromatic rings. The second-order valence-corrected chi connectivity index (χ2v) is 7.51. The van der Waals surface area contributed by atoms with Crippen molar-refractivity contribution in [3.05, 3.63) is 71.3 Å². The molecule has 9 nitrogen and oxygen atoms in total. The minimum Gasteiger partial charge on any atom is -0.462 e. The van der Waals surface area contributed by atoms with Gasteiger partial charge in [0, 0.05) is 7.11 Å². The Morgan fingerprint density at radius 2 is 1.47 bits per heavy atom. The molecule has 3 rings (SSSR count). The molecule has 0 fully saturated rings. The number of hydrogen-bond acceptors (Lipinski definition) is 8. The van der Waals surface area contributed by atoms with Crippen LogP contribution in [-0.4, -0.2) is 75.2 Å². The van der Waals surface area contributed by atoms with Gasteiger partial charge in [0.1, 0.15) is 25.7 Å². The predicted octanol–water partition coefficient (Wildman–Crippen LogP) is 2.21. The molecule has 2 amide bonds. The van der Waals surface area contributed by atoms with E-state index in [4.69, 9.17) is 18.9 Å². The zero-order valence-corrected chi connectivity index (χ0v) is 18.9. The Labute approximate surface area is 197 Å². The molecule has 0 saturated heterocycles. The largest absolute Gasteiger partial charge is 0.462 e. The highest BCUT2D eigenvalue weighted by Gasteiger charge is 2.34. The Balaban J connectivity index is 1.24. The molecule has 0 radical (unpaired) electrons. The minimum absolute atomic E-state index is 0.00836. The van der Waals surface area contributed by atoms with Gasteiger partial charge in [0.25, 0.3) is 11.8 Å². The summed E-state index contributed by atoms with van der Waals surface area (Å²) in [5.74, 6) is -1.73. The summed E-state index contributed by atoms with van der Waals surface area (Å²) >= 11 is 0. The van der Waals surface area contributed by atoms with Crippen molar-refractivity contribution in [1.82, 2.24) is 4.90 Å². The van der Waals surface area contributed by atoms with Crippen molar-refractivity contribution in [2.45, 2.75) is 12.5 Å². The molecular formula is C25H27NO8. The molecule has 9 heteroatoms. The van der Waals surface area contributed by atoms with Crippen molar-refractivity contribution in [2.24, 2.45) is 0 Å². The van der Waals surface area contributed by atoms with E-state index in [-0.39, 0.29) is 51.4 Å². The van der Waals surface area contributed by atoms with E-state index < -0.39 is 24.3 Å². The first-order chi connectivity index (χ1) is 16.5. The van der Waals surface area contributed by atoms with Gasteiger partial charge in [0.2, 0.25) is 0 Å². The molecule has 0 aromatic heterocycles. The molecule has 1 heterocycles. The topological polar surface area (TPSA) is 108 Å². The maximum Gasteiger partial charge on any atom is 0.313 e. The fourth-order valence-electron chi connectivity index (χ4n) is 3.40. The summed E-state index contributed by atoms with van der Waals surface area (Å²) in [6, 6.07) is 16.0. The zero-order valence-electron chi connectivity index (χ0n) is 18.9. The monoisotopic (exact) mass is 469 g/mol. The van der Waals surface area contributed by atoms with E-state index in [0.717, 1.165) is 10.5 Å². The number of carbonyl (C=O) groups excluding carboxylic acids is 4. The zero-order chi connectivity index (χ0) is 24.3. The Kier molecular flexibility index (Phi) is 9.45. The average Bonchev–Trinajstić information content (AvgIpc) is 3.09. The van der Waals surface area contributed by atoms with Crippen LogP contribution in [0.5, 0.6) is 0 Å². The number of fused-ring (bicyclic) bond motifs is 1. The molecular weight excluding hydrogens is 442 g/mol. The van der Waals surface area contributed by atoms with Crippen molar-refractivity contribution < 1.29 is 38.1 Å². The number of Topliss-reactive ketones (excluding diaryl/α,β-unsaturated/α-hetero) is 1. The van der Waals surface area contributed by atoms with E-state index in [1.54, 1.807) is 24.3 Å². The number of ketones is 1. The third kappa shape index (κ3) is 6.80. The number of carbonyl (C=O) groups is 4. The summed E-state index contributed by atoms with van der Waals surface area (Å²) in [6.45, 7) is 0.341. The fraction of sp³-hybridized carbons (Fsp3) is 0.360. The lowest BCUT2D eigenvalue weighted by Crippen LogP contribution is -2.33. The third-order valence-electron chi connectivity index (χ3n) is 5.17. The number of esters is 1. The van der Waals surface area contributed by atoms with Crippen LogP contribution < -0.4 is 0 Å². The Hall–Kier alpha value is -3.40. The first-order valence-electron chi connectivity index (χ1n) is 10.9. The molecule has 1 unspecified atom stereocenters. The summed E-state index contributed by atoms with van der Waals surface area (Å²) in [5, 5.41) is 0. The van der Waals surface area contributed by atoms with E-state index in [1.165, 1.54) is 7.11 Å². The van der Waals surface area contributed by atoms with Crippen molar-refractivity contribution in [3.8, 4) is 0 Å². The summed E-state index contributed by atoms with van der Waals surface area (Å²) in [4.78, 5) is 49.5. The van der Waals surface area contributed by atoms with Gasteiger partial charge < -0.3 is 18.9 Å². The van der Waals surface area contributed by atoms with Crippen LogP contribution in [0, 0.1) is 0 Å². The van der Waals surface area contributed by atoms with Gasteiger partial charge in [0.05, 0.1) is 37.5 Å². The number of ether oxygens (including phenoxy) is 4. The molecule has 34 heavy (non-hydrogen) atoms. The van der Waals surface area contributed by atoms with Crippen LogP contribution >= 0.6 is 0 Å². The average molecular weight is 469 g/mol. The highest BCUT2D eigenvalue weighted by Crippen LogP contribution is 2.22. The van der Waals surface area contributed by atoms with E-state index in [0.29, 0.717) is 11.1 Å². The standard InChI is InChI=1S/C25H27NO8/c1-31-22(18-7-3-2-4-8-18)17-34-23(28)15-19(27)16-33-14-13-32-12-11-26-24(29)20-9-5-6-10-21(20)25(26)30/h2-10,22H,11-17H2,1H3. The lowest BCUT2D eigenvalue weighted by Gasteiger charge is -2.15. The number of rotatable bonds is 14. The summed E-state index contributed by atoms with van der Waals surface area (Å²) in [5.41, 5.74) is 1.66. The molecule has 2 aromatic carbocycles. The van der Waals surface area contributed by atoms with Gasteiger partial charge in [0.15, 0.2) is 5.78 Å². The van der Waals surface area contributed by atoms with Crippen molar-refractivity contribution in [2.75, 3.05) is 46.7 Å². The van der Waals surface area contributed by atoms with E-state index >= 15 is 0 Å². The highest BCUT2D eigenvalue weighted by atomic mass is 16.6. The van der Waals surface area contributed by atoms with Crippen LogP contribution in [-0.2, 0) is 28.5 Å². The van der Waals surface area contributed by atoms with Gasteiger partial charge >= 0.3 is 5.97 Å². The van der Waals surface area contributed by atoms with Gasteiger partial charge in [-0.15, -0.1) is 0 Å². The molecule has 0 bridgehead atoms. The van der Waals surface area contributed by atoms with E-state index in [9.17, 15) is 19.2 Å². The fourth-order valence-corrected chi connectivity index (χ4v) is 3.40. The Bertz CT molecular complexity index is 972. The van der Waals surface area contributed by atoms with Crippen LogP contribution in [0.25, 0.3) is 0 Å². The second-order valence-electron chi connectivity index (χ2n) is 7.51. The second kappa shape index (κ2) is 12.7. The number of amides is 2. The van der Waals surface area contributed by atoms with E-state index in [1.807, 2.05) is 30.3 Å². The number of hydrogen-bond donors (Lipinski definition) is 0.